The second-order valence-electron chi connectivity index (χ2n) is 6.00. The molecule has 1 aromatic carbocycles. The summed E-state index contributed by atoms with van der Waals surface area (Å²) in [4.78, 5) is 25.8. The van der Waals surface area contributed by atoms with E-state index in [0.717, 1.165) is 36.6 Å². The number of amides is 2. The predicted octanol–water partition coefficient (Wildman–Crippen LogP) is 3.93. The summed E-state index contributed by atoms with van der Waals surface area (Å²) >= 11 is 3.43. The molecule has 0 radical (unpaired) electrons. The molecule has 134 valence electrons. The molecule has 0 aromatic heterocycles. The van der Waals surface area contributed by atoms with E-state index in [2.05, 4.69) is 33.4 Å². The first kappa shape index (κ1) is 20.7. The first-order chi connectivity index (χ1) is 11.6. The molecule has 24 heavy (non-hydrogen) atoms. The van der Waals surface area contributed by atoms with E-state index in [9.17, 15) is 9.59 Å². The molecule has 1 N–H and O–H groups in total. The summed E-state index contributed by atoms with van der Waals surface area (Å²) in [7, 11) is 0. The normalized spacial score (nSPS) is 10.5. The van der Waals surface area contributed by atoms with Gasteiger partial charge in [-0.05, 0) is 49.8 Å². The second-order valence-corrected chi connectivity index (χ2v) is 6.91. The largest absolute Gasteiger partial charge is 0.355 e. The maximum absolute atomic E-state index is 12.3. The van der Waals surface area contributed by atoms with Gasteiger partial charge in [0, 0.05) is 24.0 Å². The van der Waals surface area contributed by atoms with Crippen LogP contribution in [0.25, 0.3) is 0 Å². The first-order valence-corrected chi connectivity index (χ1v) is 9.65. The van der Waals surface area contributed by atoms with Crippen LogP contribution in [0.4, 0.5) is 0 Å². The molecule has 4 nitrogen and oxygen atoms in total. The van der Waals surface area contributed by atoms with E-state index in [1.807, 2.05) is 26.0 Å². The van der Waals surface area contributed by atoms with Crippen molar-refractivity contribution >= 4 is 27.7 Å². The fourth-order valence-corrected chi connectivity index (χ4v) is 2.73. The van der Waals surface area contributed by atoms with E-state index < -0.39 is 0 Å². The standard InChI is InChI=1S/C19H29BrN2O2/c1-3-13-21-18(23)15-22(14-4-2)19(24)8-6-5-7-16-9-11-17(20)12-10-16/h9-12H,3-8,13-15H2,1-2H3,(H,21,23). The van der Waals surface area contributed by atoms with Gasteiger partial charge in [-0.1, -0.05) is 41.9 Å². The molecule has 5 heteroatoms. The number of hydrogen-bond acceptors (Lipinski definition) is 2. The third-order valence-corrected chi connectivity index (χ3v) is 4.30. The minimum absolute atomic E-state index is 0.0616. The van der Waals surface area contributed by atoms with Gasteiger partial charge < -0.3 is 10.2 Å². The lowest BCUT2D eigenvalue weighted by Gasteiger charge is -2.21. The third kappa shape index (κ3) is 8.48. The molecular weight excluding hydrogens is 368 g/mol. The van der Waals surface area contributed by atoms with E-state index in [1.54, 1.807) is 4.90 Å². The van der Waals surface area contributed by atoms with E-state index >= 15 is 0 Å². The van der Waals surface area contributed by atoms with Crippen LogP contribution in [-0.4, -0.2) is 36.3 Å². The maximum Gasteiger partial charge on any atom is 0.239 e. The lowest BCUT2D eigenvalue weighted by atomic mass is 10.1. The van der Waals surface area contributed by atoms with Gasteiger partial charge in [0.15, 0.2) is 0 Å². The summed E-state index contributed by atoms with van der Waals surface area (Å²) in [5.41, 5.74) is 1.29. The Morgan fingerprint density at radius 3 is 2.42 bits per heavy atom. The van der Waals surface area contributed by atoms with Crippen LogP contribution in [0.1, 0.15) is 51.5 Å². The minimum Gasteiger partial charge on any atom is -0.355 e. The number of carbonyl (C=O) groups is 2. The van der Waals surface area contributed by atoms with Crippen molar-refractivity contribution in [2.45, 2.75) is 52.4 Å². The van der Waals surface area contributed by atoms with Gasteiger partial charge in [0.25, 0.3) is 0 Å². The quantitative estimate of drug-likeness (QED) is 0.576. The van der Waals surface area contributed by atoms with Crippen molar-refractivity contribution in [2.75, 3.05) is 19.6 Å². The molecule has 0 bridgehead atoms. The van der Waals surface area contributed by atoms with Gasteiger partial charge in [0.05, 0.1) is 6.54 Å². The van der Waals surface area contributed by atoms with Crippen LogP contribution in [0.3, 0.4) is 0 Å². The van der Waals surface area contributed by atoms with Crippen molar-refractivity contribution in [2.24, 2.45) is 0 Å². The summed E-state index contributed by atoms with van der Waals surface area (Å²) in [6.45, 7) is 5.53. The molecule has 0 unspecified atom stereocenters. The van der Waals surface area contributed by atoms with Gasteiger partial charge in [-0.2, -0.15) is 0 Å². The summed E-state index contributed by atoms with van der Waals surface area (Å²) in [6, 6.07) is 8.29. The molecule has 1 aromatic rings. The van der Waals surface area contributed by atoms with Crippen molar-refractivity contribution in [3.8, 4) is 0 Å². The van der Waals surface area contributed by atoms with Crippen molar-refractivity contribution < 1.29 is 9.59 Å². The number of nitrogens with zero attached hydrogens (tertiary/aromatic N) is 1. The number of aryl methyl sites for hydroxylation is 1. The Hall–Kier alpha value is -1.36. The van der Waals surface area contributed by atoms with Crippen LogP contribution in [0, 0.1) is 0 Å². The number of unbranched alkanes of at least 4 members (excludes halogenated alkanes) is 1. The summed E-state index contributed by atoms with van der Waals surface area (Å²) in [5.74, 6) is 0.0211. The molecule has 0 spiro atoms. The molecule has 0 fully saturated rings. The molecule has 0 atom stereocenters. The fourth-order valence-electron chi connectivity index (χ4n) is 2.47. The van der Waals surface area contributed by atoms with Gasteiger partial charge in [-0.15, -0.1) is 0 Å². The van der Waals surface area contributed by atoms with Crippen LogP contribution in [0.5, 0.6) is 0 Å². The summed E-state index contributed by atoms with van der Waals surface area (Å²) in [6.07, 6.45) is 5.10. The van der Waals surface area contributed by atoms with Gasteiger partial charge in [0.2, 0.25) is 11.8 Å². The number of benzene rings is 1. The van der Waals surface area contributed by atoms with E-state index in [1.165, 1.54) is 5.56 Å². The number of nitrogens with one attached hydrogen (secondary N) is 1. The second kappa shape index (κ2) is 12.1. The minimum atomic E-state index is -0.0616. The first-order valence-electron chi connectivity index (χ1n) is 8.85. The van der Waals surface area contributed by atoms with Crippen LogP contribution in [0.15, 0.2) is 28.7 Å². The molecular formula is C19H29BrN2O2. The highest BCUT2D eigenvalue weighted by Gasteiger charge is 2.15. The number of carbonyl (C=O) groups excluding carboxylic acids is 2. The number of hydrogen-bond donors (Lipinski definition) is 1. The molecule has 0 saturated heterocycles. The zero-order valence-corrected chi connectivity index (χ0v) is 16.4. The number of rotatable bonds is 11. The summed E-state index contributed by atoms with van der Waals surface area (Å²) in [5, 5.41) is 2.83. The predicted molar refractivity (Wildman–Crippen MR) is 102 cm³/mol. The highest BCUT2D eigenvalue weighted by Crippen LogP contribution is 2.13. The Morgan fingerprint density at radius 2 is 1.79 bits per heavy atom. The maximum atomic E-state index is 12.3. The van der Waals surface area contributed by atoms with Crippen LogP contribution >= 0.6 is 15.9 Å². The van der Waals surface area contributed by atoms with Gasteiger partial charge in [-0.25, -0.2) is 0 Å². The molecule has 0 aliphatic rings. The smallest absolute Gasteiger partial charge is 0.239 e. The third-order valence-electron chi connectivity index (χ3n) is 3.77. The Kier molecular flexibility index (Phi) is 10.4. The molecule has 2 amide bonds. The van der Waals surface area contributed by atoms with Gasteiger partial charge in [-0.3, -0.25) is 9.59 Å². The van der Waals surface area contributed by atoms with Crippen LogP contribution < -0.4 is 5.32 Å². The lowest BCUT2D eigenvalue weighted by molar-refractivity contribution is -0.136. The fraction of sp³-hybridized carbons (Fsp3) is 0.579. The van der Waals surface area contributed by atoms with Crippen molar-refractivity contribution in [3.63, 3.8) is 0 Å². The Labute approximate surface area is 154 Å². The molecule has 0 saturated carbocycles. The summed E-state index contributed by atoms with van der Waals surface area (Å²) < 4.78 is 1.08. The van der Waals surface area contributed by atoms with Crippen LogP contribution in [0.2, 0.25) is 0 Å². The average molecular weight is 397 g/mol. The topological polar surface area (TPSA) is 49.4 Å². The molecule has 1 rings (SSSR count). The highest BCUT2D eigenvalue weighted by atomic mass is 79.9. The van der Waals surface area contributed by atoms with Gasteiger partial charge in [0.1, 0.15) is 0 Å². The van der Waals surface area contributed by atoms with Crippen molar-refractivity contribution in [1.29, 1.82) is 0 Å². The van der Waals surface area contributed by atoms with E-state index in [-0.39, 0.29) is 18.4 Å². The van der Waals surface area contributed by atoms with E-state index in [4.69, 9.17) is 0 Å². The lowest BCUT2D eigenvalue weighted by Crippen LogP contribution is -2.41. The molecule has 0 heterocycles. The number of halogens is 1. The monoisotopic (exact) mass is 396 g/mol. The zero-order valence-electron chi connectivity index (χ0n) is 14.8. The van der Waals surface area contributed by atoms with Crippen molar-refractivity contribution in [3.05, 3.63) is 34.3 Å². The Balaban J connectivity index is 2.33. The Morgan fingerprint density at radius 1 is 1.08 bits per heavy atom. The van der Waals surface area contributed by atoms with Crippen LogP contribution in [-0.2, 0) is 16.0 Å². The Bertz CT molecular complexity index is 503. The average Bonchev–Trinajstić information content (AvgIpc) is 2.58. The molecule has 0 aliphatic carbocycles. The van der Waals surface area contributed by atoms with Crippen molar-refractivity contribution in [1.82, 2.24) is 10.2 Å². The van der Waals surface area contributed by atoms with Gasteiger partial charge >= 0.3 is 0 Å². The SMILES string of the molecule is CCCNC(=O)CN(CCC)C(=O)CCCCc1ccc(Br)cc1. The highest BCUT2D eigenvalue weighted by molar-refractivity contribution is 9.10. The zero-order chi connectivity index (χ0) is 17.8. The molecule has 0 aliphatic heterocycles. The van der Waals surface area contributed by atoms with E-state index in [0.29, 0.717) is 19.5 Å².